The first kappa shape index (κ1) is 25.4. The normalized spacial score (nSPS) is 15.5. The van der Waals surface area contributed by atoms with Crippen molar-refractivity contribution in [1.29, 1.82) is 0 Å². The minimum Gasteiger partial charge on any atom is -0.490 e. The standard InChI is InChI=1S/C26H28F2N2O6/c1-4-34-21-12-16(10-11-19(21)36-26(27)28)18(13-22(31)29(2)3)30-14-17-6-5-7-20(23(17)24(30)32)35-25(33)15-8-9-15/h5-7,10-12,15,18,26H,4,8-9,13-14H2,1-3H3. The van der Waals surface area contributed by atoms with E-state index in [2.05, 4.69) is 4.74 Å². The number of carbonyl (C=O) groups is 3. The molecule has 0 radical (unpaired) electrons. The van der Waals surface area contributed by atoms with Gasteiger partial charge in [0.25, 0.3) is 5.91 Å². The van der Waals surface area contributed by atoms with E-state index >= 15 is 0 Å². The van der Waals surface area contributed by atoms with Crippen LogP contribution in [0.15, 0.2) is 36.4 Å². The molecule has 1 aliphatic heterocycles. The Kier molecular flexibility index (Phi) is 7.42. The minimum atomic E-state index is -3.03. The van der Waals surface area contributed by atoms with Crippen molar-refractivity contribution in [1.82, 2.24) is 9.80 Å². The lowest BCUT2D eigenvalue weighted by Gasteiger charge is -2.29. The fourth-order valence-corrected chi connectivity index (χ4v) is 4.15. The zero-order valence-electron chi connectivity index (χ0n) is 20.3. The lowest BCUT2D eigenvalue weighted by molar-refractivity contribution is -0.135. The van der Waals surface area contributed by atoms with Gasteiger partial charge in [-0.25, -0.2) is 0 Å². The highest BCUT2D eigenvalue weighted by atomic mass is 19.3. The van der Waals surface area contributed by atoms with Gasteiger partial charge in [-0.15, -0.1) is 0 Å². The molecule has 2 aromatic carbocycles. The summed E-state index contributed by atoms with van der Waals surface area (Å²) in [6.45, 7) is -0.939. The molecule has 1 aliphatic carbocycles. The van der Waals surface area contributed by atoms with Crippen LogP contribution in [0.3, 0.4) is 0 Å². The molecular weight excluding hydrogens is 474 g/mol. The van der Waals surface area contributed by atoms with Crippen molar-refractivity contribution < 1.29 is 37.4 Å². The third kappa shape index (κ3) is 5.42. The Bertz CT molecular complexity index is 1170. The molecule has 1 heterocycles. The van der Waals surface area contributed by atoms with Gasteiger partial charge in [-0.2, -0.15) is 8.78 Å². The van der Waals surface area contributed by atoms with Gasteiger partial charge in [-0.05, 0) is 49.1 Å². The van der Waals surface area contributed by atoms with Crippen molar-refractivity contribution in [3.8, 4) is 17.2 Å². The van der Waals surface area contributed by atoms with Gasteiger partial charge in [0.2, 0.25) is 5.91 Å². The molecule has 1 saturated carbocycles. The predicted molar refractivity (Wildman–Crippen MR) is 125 cm³/mol. The van der Waals surface area contributed by atoms with Gasteiger partial charge in [0.05, 0.1) is 30.6 Å². The Labute approximate surface area is 207 Å². The van der Waals surface area contributed by atoms with Gasteiger partial charge in [-0.3, -0.25) is 14.4 Å². The molecule has 10 heteroatoms. The lowest BCUT2D eigenvalue weighted by atomic mass is 10.0. The summed E-state index contributed by atoms with van der Waals surface area (Å²) in [7, 11) is 3.22. The second-order valence-corrected chi connectivity index (χ2v) is 8.94. The van der Waals surface area contributed by atoms with Crippen LogP contribution in [0.2, 0.25) is 0 Å². The maximum atomic E-state index is 13.6. The van der Waals surface area contributed by atoms with Gasteiger partial charge < -0.3 is 24.0 Å². The second kappa shape index (κ2) is 10.5. The Morgan fingerprint density at radius 2 is 1.86 bits per heavy atom. The van der Waals surface area contributed by atoms with E-state index in [0.717, 1.165) is 12.8 Å². The number of amides is 2. The average molecular weight is 503 g/mol. The maximum absolute atomic E-state index is 13.6. The highest BCUT2D eigenvalue weighted by Crippen LogP contribution is 2.41. The summed E-state index contributed by atoms with van der Waals surface area (Å²) in [4.78, 5) is 41.6. The number of ether oxygens (including phenoxy) is 3. The third-order valence-electron chi connectivity index (χ3n) is 6.16. The molecule has 2 amide bonds. The number of nitrogens with zero attached hydrogens (tertiary/aromatic N) is 2. The van der Waals surface area contributed by atoms with E-state index in [4.69, 9.17) is 9.47 Å². The molecule has 8 nitrogen and oxygen atoms in total. The molecule has 36 heavy (non-hydrogen) atoms. The molecule has 0 spiro atoms. The number of fused-ring (bicyclic) bond motifs is 1. The van der Waals surface area contributed by atoms with E-state index in [1.807, 2.05) is 0 Å². The van der Waals surface area contributed by atoms with Crippen molar-refractivity contribution in [3.05, 3.63) is 53.1 Å². The van der Waals surface area contributed by atoms with E-state index in [1.165, 1.54) is 28.0 Å². The Balaban J connectivity index is 1.69. The van der Waals surface area contributed by atoms with Crippen molar-refractivity contribution in [3.63, 3.8) is 0 Å². The summed E-state index contributed by atoms with van der Waals surface area (Å²) in [6.07, 6.45) is 1.50. The summed E-state index contributed by atoms with van der Waals surface area (Å²) in [5, 5.41) is 0. The minimum absolute atomic E-state index is 0.0511. The molecule has 1 unspecified atom stereocenters. The van der Waals surface area contributed by atoms with Crippen LogP contribution in [-0.2, 0) is 16.1 Å². The van der Waals surface area contributed by atoms with Gasteiger partial charge >= 0.3 is 12.6 Å². The highest BCUT2D eigenvalue weighted by molar-refractivity contribution is 6.02. The summed E-state index contributed by atoms with van der Waals surface area (Å²) in [6, 6.07) is 8.75. The predicted octanol–water partition coefficient (Wildman–Crippen LogP) is 4.18. The SMILES string of the molecule is CCOc1cc(C(CC(=O)N(C)C)N2Cc3cccc(OC(=O)C4CC4)c3C2=O)ccc1OC(F)F. The molecule has 2 aliphatic rings. The Morgan fingerprint density at radius 1 is 1.11 bits per heavy atom. The molecule has 0 saturated heterocycles. The summed E-state index contributed by atoms with van der Waals surface area (Å²) < 4.78 is 41.4. The van der Waals surface area contributed by atoms with Crippen LogP contribution < -0.4 is 14.2 Å². The largest absolute Gasteiger partial charge is 0.490 e. The number of alkyl halides is 2. The molecule has 2 aromatic rings. The lowest BCUT2D eigenvalue weighted by Crippen LogP contribution is -2.34. The van der Waals surface area contributed by atoms with Crippen LogP contribution in [-0.4, -0.2) is 54.9 Å². The van der Waals surface area contributed by atoms with Gasteiger partial charge in [0, 0.05) is 20.6 Å². The third-order valence-corrected chi connectivity index (χ3v) is 6.16. The second-order valence-electron chi connectivity index (χ2n) is 8.94. The molecule has 192 valence electrons. The molecule has 1 fully saturated rings. The van der Waals surface area contributed by atoms with E-state index in [0.29, 0.717) is 11.1 Å². The van der Waals surface area contributed by atoms with E-state index < -0.39 is 12.7 Å². The number of rotatable bonds is 10. The van der Waals surface area contributed by atoms with Crippen LogP contribution in [0.25, 0.3) is 0 Å². The Hall–Kier alpha value is -3.69. The van der Waals surface area contributed by atoms with Gasteiger partial charge in [0.1, 0.15) is 5.75 Å². The first-order chi connectivity index (χ1) is 17.2. The molecule has 0 N–H and O–H groups in total. The van der Waals surface area contributed by atoms with Crippen LogP contribution >= 0.6 is 0 Å². The van der Waals surface area contributed by atoms with E-state index in [1.54, 1.807) is 39.2 Å². The highest BCUT2D eigenvalue weighted by Gasteiger charge is 2.39. The van der Waals surface area contributed by atoms with Crippen molar-refractivity contribution in [2.45, 2.75) is 45.4 Å². The number of hydrogen-bond donors (Lipinski definition) is 0. The monoisotopic (exact) mass is 502 g/mol. The van der Waals surface area contributed by atoms with Crippen molar-refractivity contribution >= 4 is 17.8 Å². The molecule has 1 atom stereocenters. The van der Waals surface area contributed by atoms with Crippen molar-refractivity contribution in [2.75, 3.05) is 20.7 Å². The molecule has 0 bridgehead atoms. The zero-order valence-corrected chi connectivity index (χ0v) is 20.3. The maximum Gasteiger partial charge on any atom is 0.387 e. The van der Waals surface area contributed by atoms with Crippen LogP contribution in [0, 0.1) is 5.92 Å². The molecular formula is C26H28F2N2O6. The number of hydrogen-bond acceptors (Lipinski definition) is 6. The quantitative estimate of drug-likeness (QED) is 0.358. The molecule has 4 rings (SSSR count). The Morgan fingerprint density at radius 3 is 2.50 bits per heavy atom. The van der Waals surface area contributed by atoms with Crippen LogP contribution in [0.5, 0.6) is 17.2 Å². The van der Waals surface area contributed by atoms with Crippen LogP contribution in [0.4, 0.5) is 8.78 Å². The topological polar surface area (TPSA) is 85.4 Å². The first-order valence-corrected chi connectivity index (χ1v) is 11.8. The fourth-order valence-electron chi connectivity index (χ4n) is 4.15. The number of benzene rings is 2. The van der Waals surface area contributed by atoms with Crippen molar-refractivity contribution in [2.24, 2.45) is 5.92 Å². The summed E-state index contributed by atoms with van der Waals surface area (Å²) in [5.41, 5.74) is 1.48. The van der Waals surface area contributed by atoms with Gasteiger partial charge in [0.15, 0.2) is 11.5 Å². The number of esters is 1. The van der Waals surface area contributed by atoms with E-state index in [9.17, 15) is 23.2 Å². The number of halogens is 2. The summed E-state index contributed by atoms with van der Waals surface area (Å²) in [5.74, 6) is -0.957. The molecule has 0 aromatic heterocycles. The van der Waals surface area contributed by atoms with Gasteiger partial charge in [-0.1, -0.05) is 18.2 Å². The van der Waals surface area contributed by atoms with Crippen LogP contribution in [0.1, 0.15) is 53.7 Å². The fraction of sp³-hybridized carbons (Fsp3) is 0.423. The average Bonchev–Trinajstić information content (AvgIpc) is 3.62. The van der Waals surface area contributed by atoms with E-state index in [-0.39, 0.29) is 66.1 Å². The smallest absolute Gasteiger partial charge is 0.387 e. The zero-order chi connectivity index (χ0) is 26.0. The first-order valence-electron chi connectivity index (χ1n) is 11.8. The summed E-state index contributed by atoms with van der Waals surface area (Å²) >= 11 is 0. The number of carbonyl (C=O) groups excluding carboxylic acids is 3.